The second-order valence-corrected chi connectivity index (χ2v) is 6.39. The molecule has 0 bridgehead atoms. The zero-order chi connectivity index (χ0) is 17.5. The molecule has 0 spiro atoms. The van der Waals surface area contributed by atoms with Crippen molar-refractivity contribution in [1.82, 2.24) is 15.2 Å². The Morgan fingerprint density at radius 2 is 1.80 bits per heavy atom. The number of nitrogens with zero attached hydrogens (tertiary/aromatic N) is 3. The standard InChI is InChI=1S/C20H26N4O/c1-17(18-7-3-2-4-8-18)21-12-10-20(25)24-15-13-23(14-16-24)19-9-5-6-11-22-19/h2-9,11,17,21H,10,12-16H2,1H3. The average Bonchev–Trinajstić information content (AvgIpc) is 2.69. The first kappa shape index (κ1) is 17.4. The Morgan fingerprint density at radius 3 is 2.48 bits per heavy atom. The van der Waals surface area contributed by atoms with Crippen molar-refractivity contribution in [3.05, 3.63) is 60.3 Å². The lowest BCUT2D eigenvalue weighted by Crippen LogP contribution is -2.49. The molecule has 1 saturated heterocycles. The summed E-state index contributed by atoms with van der Waals surface area (Å²) in [5.74, 6) is 1.22. The van der Waals surface area contributed by atoms with Crippen LogP contribution in [0.5, 0.6) is 0 Å². The van der Waals surface area contributed by atoms with E-state index in [1.165, 1.54) is 5.56 Å². The second kappa shape index (κ2) is 8.62. The SMILES string of the molecule is CC(NCCC(=O)N1CCN(c2ccccn2)CC1)c1ccccc1. The summed E-state index contributed by atoms with van der Waals surface area (Å²) < 4.78 is 0. The number of nitrogens with one attached hydrogen (secondary N) is 1. The molecule has 2 heterocycles. The van der Waals surface area contributed by atoms with Gasteiger partial charge in [-0.15, -0.1) is 0 Å². The number of anilines is 1. The van der Waals surface area contributed by atoms with Crippen LogP contribution in [0.3, 0.4) is 0 Å². The molecular formula is C20H26N4O. The van der Waals surface area contributed by atoms with Gasteiger partial charge in [-0.1, -0.05) is 36.4 Å². The van der Waals surface area contributed by atoms with Gasteiger partial charge < -0.3 is 15.1 Å². The fraction of sp³-hybridized carbons (Fsp3) is 0.400. The number of amides is 1. The lowest BCUT2D eigenvalue weighted by molar-refractivity contribution is -0.131. The molecule has 5 nitrogen and oxygen atoms in total. The molecular weight excluding hydrogens is 312 g/mol. The van der Waals surface area contributed by atoms with Crippen LogP contribution in [0.1, 0.15) is 24.9 Å². The predicted molar refractivity (Wildman–Crippen MR) is 101 cm³/mol. The largest absolute Gasteiger partial charge is 0.353 e. The number of hydrogen-bond donors (Lipinski definition) is 1. The molecule has 132 valence electrons. The van der Waals surface area contributed by atoms with Crippen molar-refractivity contribution >= 4 is 11.7 Å². The number of piperazine rings is 1. The van der Waals surface area contributed by atoms with Crippen molar-refractivity contribution < 1.29 is 4.79 Å². The Bertz CT molecular complexity index is 654. The van der Waals surface area contributed by atoms with Gasteiger partial charge in [-0.2, -0.15) is 0 Å². The van der Waals surface area contributed by atoms with Gasteiger partial charge >= 0.3 is 0 Å². The van der Waals surface area contributed by atoms with Crippen LogP contribution < -0.4 is 10.2 Å². The van der Waals surface area contributed by atoms with Gasteiger partial charge in [0.15, 0.2) is 0 Å². The smallest absolute Gasteiger partial charge is 0.223 e. The molecule has 3 rings (SSSR count). The van der Waals surface area contributed by atoms with E-state index in [0.29, 0.717) is 13.0 Å². The zero-order valence-electron chi connectivity index (χ0n) is 14.8. The minimum Gasteiger partial charge on any atom is -0.353 e. The first-order valence-electron chi connectivity index (χ1n) is 8.96. The highest BCUT2D eigenvalue weighted by Gasteiger charge is 2.21. The van der Waals surface area contributed by atoms with Gasteiger partial charge in [0.1, 0.15) is 5.82 Å². The maximum atomic E-state index is 12.4. The van der Waals surface area contributed by atoms with Crippen LogP contribution in [0.2, 0.25) is 0 Å². The number of carbonyl (C=O) groups excluding carboxylic acids is 1. The molecule has 0 radical (unpaired) electrons. The highest BCUT2D eigenvalue weighted by molar-refractivity contribution is 5.76. The third-order valence-corrected chi connectivity index (χ3v) is 4.69. The molecule has 0 aliphatic carbocycles. The third kappa shape index (κ3) is 4.79. The van der Waals surface area contributed by atoms with E-state index in [4.69, 9.17) is 0 Å². The van der Waals surface area contributed by atoms with Crippen molar-refractivity contribution in [2.45, 2.75) is 19.4 Å². The van der Waals surface area contributed by atoms with Crippen molar-refractivity contribution in [2.75, 3.05) is 37.6 Å². The van der Waals surface area contributed by atoms with Crippen molar-refractivity contribution in [3.63, 3.8) is 0 Å². The summed E-state index contributed by atoms with van der Waals surface area (Å²) in [6.45, 7) is 6.06. The highest BCUT2D eigenvalue weighted by Crippen LogP contribution is 2.14. The van der Waals surface area contributed by atoms with E-state index in [9.17, 15) is 4.79 Å². The first-order chi connectivity index (χ1) is 12.2. The van der Waals surface area contributed by atoms with Crippen LogP contribution in [0.4, 0.5) is 5.82 Å². The molecule has 1 N–H and O–H groups in total. The van der Waals surface area contributed by atoms with E-state index >= 15 is 0 Å². The van der Waals surface area contributed by atoms with Crippen LogP contribution in [-0.4, -0.2) is 48.5 Å². The summed E-state index contributed by atoms with van der Waals surface area (Å²) in [6, 6.07) is 16.5. The fourth-order valence-corrected chi connectivity index (χ4v) is 3.14. The summed E-state index contributed by atoms with van der Waals surface area (Å²) in [6.07, 6.45) is 2.35. The number of benzene rings is 1. The van der Waals surface area contributed by atoms with Gasteiger partial charge in [0.05, 0.1) is 0 Å². The van der Waals surface area contributed by atoms with E-state index in [2.05, 4.69) is 34.3 Å². The van der Waals surface area contributed by atoms with Crippen LogP contribution in [0.25, 0.3) is 0 Å². The minimum atomic E-state index is 0.230. The van der Waals surface area contributed by atoms with E-state index in [1.54, 1.807) is 0 Å². The topological polar surface area (TPSA) is 48.5 Å². The van der Waals surface area contributed by atoms with Gasteiger partial charge in [-0.25, -0.2) is 4.98 Å². The van der Waals surface area contributed by atoms with E-state index in [1.807, 2.05) is 47.5 Å². The molecule has 0 saturated carbocycles. The molecule has 1 aliphatic heterocycles. The summed E-state index contributed by atoms with van der Waals surface area (Å²) in [5, 5.41) is 3.44. The lowest BCUT2D eigenvalue weighted by Gasteiger charge is -2.35. The Labute approximate surface area is 149 Å². The van der Waals surface area contributed by atoms with Crippen molar-refractivity contribution in [3.8, 4) is 0 Å². The number of rotatable bonds is 6. The van der Waals surface area contributed by atoms with Gasteiger partial charge in [-0.05, 0) is 24.6 Å². The molecule has 5 heteroatoms. The minimum absolute atomic E-state index is 0.230. The molecule has 1 atom stereocenters. The van der Waals surface area contributed by atoms with Gasteiger partial charge in [0, 0.05) is 51.4 Å². The maximum Gasteiger partial charge on any atom is 0.223 e. The second-order valence-electron chi connectivity index (χ2n) is 6.39. The van der Waals surface area contributed by atoms with Crippen molar-refractivity contribution in [1.29, 1.82) is 0 Å². The molecule has 1 fully saturated rings. The van der Waals surface area contributed by atoms with Gasteiger partial charge in [-0.3, -0.25) is 4.79 Å². The summed E-state index contributed by atoms with van der Waals surface area (Å²) >= 11 is 0. The first-order valence-corrected chi connectivity index (χ1v) is 8.96. The monoisotopic (exact) mass is 338 g/mol. The van der Waals surface area contributed by atoms with E-state index in [0.717, 1.165) is 32.0 Å². The lowest BCUT2D eigenvalue weighted by atomic mass is 10.1. The molecule has 1 amide bonds. The third-order valence-electron chi connectivity index (χ3n) is 4.69. The summed E-state index contributed by atoms with van der Waals surface area (Å²) in [4.78, 5) is 21.0. The molecule has 2 aromatic rings. The number of aromatic nitrogens is 1. The van der Waals surface area contributed by atoms with Gasteiger partial charge in [0.25, 0.3) is 0 Å². The van der Waals surface area contributed by atoms with Crippen LogP contribution in [0, 0.1) is 0 Å². The van der Waals surface area contributed by atoms with Crippen LogP contribution in [0.15, 0.2) is 54.7 Å². The van der Waals surface area contributed by atoms with E-state index in [-0.39, 0.29) is 11.9 Å². The Kier molecular flexibility index (Phi) is 6.01. The van der Waals surface area contributed by atoms with Gasteiger partial charge in [0.2, 0.25) is 5.91 Å². The highest BCUT2D eigenvalue weighted by atomic mass is 16.2. The van der Waals surface area contributed by atoms with Crippen LogP contribution >= 0.6 is 0 Å². The fourth-order valence-electron chi connectivity index (χ4n) is 3.14. The summed E-state index contributed by atoms with van der Waals surface area (Å²) in [5.41, 5.74) is 1.25. The Hall–Kier alpha value is -2.40. The predicted octanol–water partition coefficient (Wildman–Crippen LogP) is 2.47. The zero-order valence-corrected chi connectivity index (χ0v) is 14.8. The normalized spacial score (nSPS) is 15.9. The maximum absolute atomic E-state index is 12.4. The van der Waals surface area contributed by atoms with Crippen molar-refractivity contribution in [2.24, 2.45) is 0 Å². The average molecular weight is 338 g/mol. The molecule has 1 unspecified atom stereocenters. The quantitative estimate of drug-likeness (QED) is 0.879. The Morgan fingerprint density at radius 1 is 1.08 bits per heavy atom. The molecule has 1 aromatic heterocycles. The van der Waals surface area contributed by atoms with Crippen LogP contribution in [-0.2, 0) is 4.79 Å². The summed E-state index contributed by atoms with van der Waals surface area (Å²) in [7, 11) is 0. The number of pyridine rings is 1. The molecule has 1 aliphatic rings. The van der Waals surface area contributed by atoms with E-state index < -0.39 is 0 Å². The molecule has 25 heavy (non-hydrogen) atoms. The number of carbonyl (C=O) groups is 1. The Balaban J connectivity index is 1.39. The number of hydrogen-bond acceptors (Lipinski definition) is 4. The molecule has 1 aromatic carbocycles.